The van der Waals surface area contributed by atoms with Crippen LogP contribution in [0.15, 0.2) is 33.7 Å². The smallest absolute Gasteiger partial charge is 0.306 e. The van der Waals surface area contributed by atoms with Crippen LogP contribution in [0.3, 0.4) is 0 Å². The van der Waals surface area contributed by atoms with Gasteiger partial charge in [0.2, 0.25) is 0 Å². The molecule has 0 aliphatic carbocycles. The molecule has 0 saturated carbocycles. The number of carbonyl (C=O) groups excluding carboxylic acids is 1. The summed E-state index contributed by atoms with van der Waals surface area (Å²) in [6, 6.07) is 4.73. The molecule has 0 saturated heterocycles. The lowest BCUT2D eigenvalue weighted by Gasteiger charge is -2.14. The minimum absolute atomic E-state index is 0.0935. The number of nitrogens with one attached hydrogen (secondary N) is 1. The number of hydrogen-bond donors (Lipinski definition) is 2. The zero-order valence-corrected chi connectivity index (χ0v) is 11.2. The number of furan rings is 1. The zero-order valence-electron chi connectivity index (χ0n) is 11.2. The molecule has 0 amide bonds. The SMILES string of the molecule is COC(=O)CC(c1ccco1)c1c(O)cc(C)[nH]c1=O. The van der Waals surface area contributed by atoms with Crippen LogP contribution in [0, 0.1) is 6.92 Å². The van der Waals surface area contributed by atoms with E-state index >= 15 is 0 Å². The van der Waals surface area contributed by atoms with E-state index in [9.17, 15) is 14.7 Å². The van der Waals surface area contributed by atoms with Gasteiger partial charge in [-0.15, -0.1) is 0 Å². The molecule has 0 spiro atoms. The minimum atomic E-state index is -0.693. The molecule has 0 aromatic carbocycles. The maximum absolute atomic E-state index is 12.1. The number of H-pyrrole nitrogens is 1. The van der Waals surface area contributed by atoms with Crippen molar-refractivity contribution >= 4 is 5.97 Å². The summed E-state index contributed by atoms with van der Waals surface area (Å²) in [7, 11) is 1.26. The lowest BCUT2D eigenvalue weighted by molar-refractivity contribution is -0.140. The van der Waals surface area contributed by atoms with Crippen molar-refractivity contribution in [1.29, 1.82) is 0 Å². The fraction of sp³-hybridized carbons (Fsp3) is 0.286. The Morgan fingerprint density at radius 2 is 2.30 bits per heavy atom. The maximum Gasteiger partial charge on any atom is 0.306 e. The fourth-order valence-electron chi connectivity index (χ4n) is 2.10. The molecule has 2 rings (SSSR count). The van der Waals surface area contributed by atoms with Crippen molar-refractivity contribution in [3.63, 3.8) is 0 Å². The molecule has 0 aliphatic rings. The van der Waals surface area contributed by atoms with Crippen molar-refractivity contribution in [3.8, 4) is 5.75 Å². The first-order valence-electron chi connectivity index (χ1n) is 6.06. The van der Waals surface area contributed by atoms with Crippen LogP contribution < -0.4 is 5.56 Å². The summed E-state index contributed by atoms with van der Waals surface area (Å²) < 4.78 is 9.89. The number of carbonyl (C=O) groups is 1. The molecule has 0 fully saturated rings. The number of methoxy groups -OCH3 is 1. The highest BCUT2D eigenvalue weighted by Crippen LogP contribution is 2.32. The van der Waals surface area contributed by atoms with Crippen LogP contribution in [0.1, 0.15) is 29.4 Å². The number of ether oxygens (including phenoxy) is 1. The molecule has 0 radical (unpaired) electrons. The van der Waals surface area contributed by atoms with Crippen molar-refractivity contribution in [2.45, 2.75) is 19.3 Å². The number of pyridine rings is 1. The summed E-state index contributed by atoms with van der Waals surface area (Å²) in [5, 5.41) is 10.0. The van der Waals surface area contributed by atoms with Gasteiger partial charge in [0.1, 0.15) is 11.5 Å². The quantitative estimate of drug-likeness (QED) is 0.829. The van der Waals surface area contributed by atoms with Gasteiger partial charge < -0.3 is 19.2 Å². The summed E-state index contributed by atoms with van der Waals surface area (Å²) in [6.07, 6.45) is 1.35. The Morgan fingerprint density at radius 3 is 2.85 bits per heavy atom. The monoisotopic (exact) mass is 277 g/mol. The molecule has 2 N–H and O–H groups in total. The molecule has 1 atom stereocenters. The molecule has 1 unspecified atom stereocenters. The summed E-state index contributed by atoms with van der Waals surface area (Å²) in [4.78, 5) is 26.2. The average Bonchev–Trinajstić information content (AvgIpc) is 2.89. The molecule has 0 aliphatic heterocycles. The van der Waals surface area contributed by atoms with Gasteiger partial charge in [-0.1, -0.05) is 0 Å². The first-order valence-corrected chi connectivity index (χ1v) is 6.06. The number of rotatable bonds is 4. The predicted octanol–water partition coefficient (Wildman–Crippen LogP) is 1.68. The van der Waals surface area contributed by atoms with E-state index in [1.165, 1.54) is 19.4 Å². The predicted molar refractivity (Wildman–Crippen MR) is 70.6 cm³/mol. The minimum Gasteiger partial charge on any atom is -0.507 e. The zero-order chi connectivity index (χ0) is 14.7. The van der Waals surface area contributed by atoms with Gasteiger partial charge in [0.15, 0.2) is 0 Å². The first kappa shape index (κ1) is 13.9. The van der Waals surface area contributed by atoms with E-state index in [2.05, 4.69) is 9.72 Å². The van der Waals surface area contributed by atoms with Crippen LogP contribution in [0.25, 0.3) is 0 Å². The van der Waals surface area contributed by atoms with Gasteiger partial charge in [-0.2, -0.15) is 0 Å². The summed E-state index contributed by atoms with van der Waals surface area (Å²) in [5.41, 5.74) is 0.177. The van der Waals surface area contributed by atoms with Crippen molar-refractivity contribution in [2.24, 2.45) is 0 Å². The first-order chi connectivity index (χ1) is 9.52. The highest BCUT2D eigenvalue weighted by molar-refractivity contribution is 5.71. The number of esters is 1. The summed E-state index contributed by atoms with van der Waals surface area (Å²) in [6.45, 7) is 1.66. The van der Waals surface area contributed by atoms with E-state index in [1.807, 2.05) is 0 Å². The Hall–Kier alpha value is -2.50. The average molecular weight is 277 g/mol. The fourth-order valence-corrected chi connectivity index (χ4v) is 2.10. The van der Waals surface area contributed by atoms with Crippen LogP contribution in [0.4, 0.5) is 0 Å². The Bertz CT molecular complexity index is 657. The van der Waals surface area contributed by atoms with Gasteiger partial charge >= 0.3 is 5.97 Å². The van der Waals surface area contributed by atoms with Gasteiger partial charge in [0.05, 0.1) is 31.3 Å². The lowest BCUT2D eigenvalue weighted by atomic mass is 9.93. The third-order valence-corrected chi connectivity index (χ3v) is 3.02. The summed E-state index contributed by atoms with van der Waals surface area (Å²) >= 11 is 0. The molecule has 2 aromatic heterocycles. The topological polar surface area (TPSA) is 92.5 Å². The summed E-state index contributed by atoms with van der Waals surface area (Å²) in [5.74, 6) is -0.941. The van der Waals surface area contributed by atoms with Gasteiger partial charge in [-0.3, -0.25) is 9.59 Å². The van der Waals surface area contributed by atoms with Crippen LogP contribution >= 0.6 is 0 Å². The second-order valence-corrected chi connectivity index (χ2v) is 4.43. The van der Waals surface area contributed by atoms with E-state index in [4.69, 9.17) is 4.42 Å². The molecule has 2 heterocycles. The molecule has 20 heavy (non-hydrogen) atoms. The van der Waals surface area contributed by atoms with Crippen molar-refractivity contribution in [1.82, 2.24) is 4.98 Å². The number of aromatic hydroxyl groups is 1. The Labute approximate surface area is 115 Å². The van der Waals surface area contributed by atoms with E-state index in [1.54, 1.807) is 19.1 Å². The van der Waals surface area contributed by atoms with Gasteiger partial charge in [-0.05, 0) is 25.1 Å². The third kappa shape index (κ3) is 2.74. The molecule has 6 nitrogen and oxygen atoms in total. The second kappa shape index (κ2) is 5.64. The molecule has 6 heteroatoms. The maximum atomic E-state index is 12.1. The van der Waals surface area contributed by atoms with Crippen LogP contribution in [-0.2, 0) is 9.53 Å². The van der Waals surface area contributed by atoms with Crippen LogP contribution in [-0.4, -0.2) is 23.2 Å². The standard InChI is InChI=1S/C14H15NO5/c1-8-6-10(16)13(14(18)15-8)9(7-12(17)19-2)11-4-3-5-20-11/h3-6,9H,7H2,1-2H3,(H2,15,16,18). The van der Waals surface area contributed by atoms with E-state index in [-0.39, 0.29) is 17.7 Å². The lowest BCUT2D eigenvalue weighted by Crippen LogP contribution is -2.20. The molecular weight excluding hydrogens is 262 g/mol. The highest BCUT2D eigenvalue weighted by Gasteiger charge is 2.27. The highest BCUT2D eigenvalue weighted by atomic mass is 16.5. The number of aromatic nitrogens is 1. The van der Waals surface area contributed by atoms with E-state index < -0.39 is 17.4 Å². The Morgan fingerprint density at radius 1 is 1.55 bits per heavy atom. The Kier molecular flexibility index (Phi) is 3.93. The Balaban J connectivity index is 2.52. The van der Waals surface area contributed by atoms with Crippen molar-refractivity contribution < 1.29 is 19.1 Å². The number of hydrogen-bond acceptors (Lipinski definition) is 5. The van der Waals surface area contributed by atoms with Crippen LogP contribution in [0.5, 0.6) is 5.75 Å². The van der Waals surface area contributed by atoms with Crippen LogP contribution in [0.2, 0.25) is 0 Å². The van der Waals surface area contributed by atoms with E-state index in [0.29, 0.717) is 11.5 Å². The largest absolute Gasteiger partial charge is 0.507 e. The third-order valence-electron chi connectivity index (χ3n) is 3.02. The molecular formula is C14H15NO5. The van der Waals surface area contributed by atoms with Gasteiger partial charge in [0.25, 0.3) is 5.56 Å². The molecule has 2 aromatic rings. The number of aromatic amines is 1. The molecule has 106 valence electrons. The number of aryl methyl sites for hydroxylation is 1. The van der Waals surface area contributed by atoms with E-state index in [0.717, 1.165) is 0 Å². The molecule has 0 bridgehead atoms. The second-order valence-electron chi connectivity index (χ2n) is 4.43. The van der Waals surface area contributed by atoms with Crippen molar-refractivity contribution in [3.05, 3.63) is 51.8 Å². The normalized spacial score (nSPS) is 12.1. The van der Waals surface area contributed by atoms with Gasteiger partial charge in [-0.25, -0.2) is 0 Å². The van der Waals surface area contributed by atoms with Gasteiger partial charge in [0, 0.05) is 5.69 Å². The van der Waals surface area contributed by atoms with Crippen molar-refractivity contribution in [2.75, 3.05) is 7.11 Å².